The van der Waals surface area contributed by atoms with Gasteiger partial charge in [0.1, 0.15) is 5.75 Å². The Kier molecular flexibility index (Phi) is 6.00. The molecule has 0 unspecified atom stereocenters. The third kappa shape index (κ3) is 4.55. The maximum absolute atomic E-state index is 12.6. The van der Waals surface area contributed by atoms with E-state index >= 15 is 0 Å². The first-order chi connectivity index (χ1) is 17.3. The number of benzene rings is 3. The lowest BCUT2D eigenvalue weighted by atomic mass is 9.85. The summed E-state index contributed by atoms with van der Waals surface area (Å²) < 4.78 is 36.6. The van der Waals surface area contributed by atoms with E-state index < -0.39 is 27.5 Å². The smallest absolute Gasteiger partial charge is 0.337 e. The van der Waals surface area contributed by atoms with E-state index in [1.807, 2.05) is 52.0 Å². The molecule has 8 heteroatoms. The van der Waals surface area contributed by atoms with Crippen LogP contribution in [0, 0.1) is 6.92 Å². The molecule has 1 N–H and O–H groups in total. The van der Waals surface area contributed by atoms with Crippen LogP contribution in [-0.4, -0.2) is 42.9 Å². The van der Waals surface area contributed by atoms with E-state index in [0.29, 0.717) is 34.2 Å². The molecule has 1 aromatic heterocycles. The Morgan fingerprint density at radius 2 is 1.89 bits per heavy atom. The van der Waals surface area contributed by atoms with Gasteiger partial charge in [0.25, 0.3) is 0 Å². The summed E-state index contributed by atoms with van der Waals surface area (Å²) in [6.45, 7) is 7.87. The molecular formula is C29H29NO6S. The molecular weight excluding hydrogens is 490 g/mol. The Morgan fingerprint density at radius 3 is 2.57 bits per heavy atom. The highest BCUT2D eigenvalue weighted by atomic mass is 32.2. The quantitative estimate of drug-likeness (QED) is 0.364. The van der Waals surface area contributed by atoms with Gasteiger partial charge in [-0.05, 0) is 85.5 Å². The number of ether oxygens (including phenoxy) is 2. The molecule has 0 radical (unpaired) electrons. The third-order valence-electron chi connectivity index (χ3n) is 6.58. The predicted octanol–water partition coefficient (Wildman–Crippen LogP) is 5.64. The van der Waals surface area contributed by atoms with Crippen molar-refractivity contribution < 1.29 is 27.8 Å². The minimum Gasteiger partial charge on any atom is -0.493 e. The Balaban J connectivity index is 1.93. The average molecular weight is 520 g/mol. The number of aryl methyl sites for hydroxylation is 1. The van der Waals surface area contributed by atoms with Gasteiger partial charge in [-0.15, -0.1) is 0 Å². The number of aromatic nitrogens is 1. The first-order valence-electron chi connectivity index (χ1n) is 12.1. The first kappa shape index (κ1) is 25.2. The Morgan fingerprint density at radius 1 is 1.14 bits per heavy atom. The second kappa shape index (κ2) is 8.82. The summed E-state index contributed by atoms with van der Waals surface area (Å²) in [7, 11) is -3.44. The standard InChI is InChI=1S/C29H29NO6S/c1-16-14-18-15-19(37(5,33)34)6-7-20(18)25(23(16)27(28(31)32)36-29(2,3)4)21-8-9-22-24-17(11-13-35-22)10-12-30-26(21)24/h6-10,12,14-15,27H,11,13H2,1-5H3,(H,31,32)/t27-/m0/s1. The molecule has 7 nitrogen and oxygen atoms in total. The molecule has 0 saturated carbocycles. The van der Waals surface area contributed by atoms with Gasteiger partial charge < -0.3 is 14.6 Å². The van der Waals surface area contributed by atoms with Crippen LogP contribution in [0.4, 0.5) is 0 Å². The number of carbonyl (C=O) groups is 1. The molecule has 0 saturated heterocycles. The van der Waals surface area contributed by atoms with Crippen molar-refractivity contribution in [2.45, 2.75) is 50.7 Å². The van der Waals surface area contributed by atoms with E-state index in [1.165, 1.54) is 6.26 Å². The third-order valence-corrected chi connectivity index (χ3v) is 7.69. The number of sulfone groups is 1. The molecule has 0 spiro atoms. The average Bonchev–Trinajstić information content (AvgIpc) is 2.81. The summed E-state index contributed by atoms with van der Waals surface area (Å²) >= 11 is 0. The van der Waals surface area contributed by atoms with Crippen molar-refractivity contribution in [3.8, 4) is 16.9 Å². The van der Waals surface area contributed by atoms with Crippen molar-refractivity contribution in [1.82, 2.24) is 4.98 Å². The molecule has 0 amide bonds. The zero-order valence-electron chi connectivity index (χ0n) is 21.5. The SMILES string of the molecule is Cc1cc2cc(S(C)(=O)=O)ccc2c(-c2ccc3c4c(ccnc24)CCO3)c1[C@H](OC(C)(C)C)C(=O)O. The predicted molar refractivity (Wildman–Crippen MR) is 143 cm³/mol. The van der Waals surface area contributed by atoms with E-state index in [1.54, 1.807) is 24.4 Å². The molecule has 0 bridgehead atoms. The molecule has 4 aromatic rings. The van der Waals surface area contributed by atoms with Gasteiger partial charge >= 0.3 is 5.97 Å². The summed E-state index contributed by atoms with van der Waals surface area (Å²) in [6, 6.07) is 12.5. The van der Waals surface area contributed by atoms with Gasteiger partial charge in [-0.3, -0.25) is 4.98 Å². The van der Waals surface area contributed by atoms with Crippen LogP contribution in [0.1, 0.15) is 43.6 Å². The molecule has 192 valence electrons. The van der Waals surface area contributed by atoms with Crippen molar-refractivity contribution in [3.63, 3.8) is 0 Å². The fraction of sp³-hybridized carbons (Fsp3) is 0.310. The molecule has 1 atom stereocenters. The minimum atomic E-state index is -3.44. The topological polar surface area (TPSA) is 103 Å². The Bertz CT molecular complexity index is 1670. The molecule has 3 aromatic carbocycles. The fourth-order valence-corrected chi connectivity index (χ4v) is 5.75. The monoisotopic (exact) mass is 519 g/mol. The number of pyridine rings is 1. The zero-order chi connectivity index (χ0) is 26.7. The zero-order valence-corrected chi connectivity index (χ0v) is 22.3. The summed E-state index contributed by atoms with van der Waals surface area (Å²) in [6.07, 6.45) is 2.43. The normalized spacial score (nSPS) is 14.5. The van der Waals surface area contributed by atoms with Crippen LogP contribution < -0.4 is 4.74 Å². The number of carboxylic acids is 1. The molecule has 1 aliphatic rings. The molecule has 5 rings (SSSR count). The van der Waals surface area contributed by atoms with Gasteiger partial charge in [0.15, 0.2) is 15.9 Å². The maximum atomic E-state index is 12.6. The van der Waals surface area contributed by atoms with Crippen molar-refractivity contribution in [1.29, 1.82) is 0 Å². The van der Waals surface area contributed by atoms with Crippen molar-refractivity contribution in [2.75, 3.05) is 12.9 Å². The molecule has 2 heterocycles. The molecule has 0 aliphatic carbocycles. The fourth-order valence-electron chi connectivity index (χ4n) is 5.09. The Labute approximate surface area is 216 Å². The maximum Gasteiger partial charge on any atom is 0.337 e. The highest BCUT2D eigenvalue weighted by Crippen LogP contribution is 2.45. The second-order valence-electron chi connectivity index (χ2n) is 10.5. The van der Waals surface area contributed by atoms with Gasteiger partial charge in [0, 0.05) is 35.4 Å². The van der Waals surface area contributed by atoms with Gasteiger partial charge in [0.05, 0.1) is 22.6 Å². The number of hydrogen-bond donors (Lipinski definition) is 1. The van der Waals surface area contributed by atoms with Crippen molar-refractivity contribution in [2.24, 2.45) is 0 Å². The van der Waals surface area contributed by atoms with Gasteiger partial charge in [-0.2, -0.15) is 0 Å². The lowest BCUT2D eigenvalue weighted by Gasteiger charge is -2.29. The van der Waals surface area contributed by atoms with E-state index in [4.69, 9.17) is 14.5 Å². The van der Waals surface area contributed by atoms with Gasteiger partial charge in [-0.1, -0.05) is 12.1 Å². The van der Waals surface area contributed by atoms with Gasteiger partial charge in [-0.25, -0.2) is 13.2 Å². The molecule has 1 aliphatic heterocycles. The number of nitrogens with zero attached hydrogens (tertiary/aromatic N) is 1. The largest absolute Gasteiger partial charge is 0.493 e. The van der Waals surface area contributed by atoms with Crippen LogP contribution in [0.5, 0.6) is 5.75 Å². The number of hydrogen-bond acceptors (Lipinski definition) is 6. The summed E-state index contributed by atoms with van der Waals surface area (Å²) in [5.74, 6) is -0.364. The van der Waals surface area contributed by atoms with Crippen molar-refractivity contribution >= 4 is 37.5 Å². The summed E-state index contributed by atoms with van der Waals surface area (Å²) in [5.41, 5.74) is 3.69. The number of carboxylic acid groups (broad SMARTS) is 1. The highest BCUT2D eigenvalue weighted by Gasteiger charge is 2.32. The lowest BCUT2D eigenvalue weighted by molar-refractivity contribution is -0.160. The first-order valence-corrected chi connectivity index (χ1v) is 14.0. The second-order valence-corrected chi connectivity index (χ2v) is 12.5. The van der Waals surface area contributed by atoms with Crippen LogP contribution >= 0.6 is 0 Å². The van der Waals surface area contributed by atoms with E-state index in [2.05, 4.69) is 0 Å². The van der Waals surface area contributed by atoms with Gasteiger partial charge in [0.2, 0.25) is 0 Å². The number of fused-ring (bicyclic) bond motifs is 1. The van der Waals surface area contributed by atoms with E-state index in [9.17, 15) is 18.3 Å². The van der Waals surface area contributed by atoms with Crippen LogP contribution in [0.25, 0.3) is 32.8 Å². The summed E-state index contributed by atoms with van der Waals surface area (Å²) in [4.78, 5) is 17.5. The van der Waals surface area contributed by atoms with Crippen molar-refractivity contribution in [3.05, 3.63) is 65.4 Å². The number of aliphatic carboxylic acids is 1. The number of rotatable bonds is 5. The highest BCUT2D eigenvalue weighted by molar-refractivity contribution is 7.90. The Hall–Kier alpha value is -3.49. The summed E-state index contributed by atoms with van der Waals surface area (Å²) in [5, 5.41) is 12.6. The molecule has 37 heavy (non-hydrogen) atoms. The van der Waals surface area contributed by atoms with E-state index in [-0.39, 0.29) is 4.90 Å². The van der Waals surface area contributed by atoms with E-state index in [0.717, 1.165) is 34.1 Å². The molecule has 0 fully saturated rings. The van der Waals surface area contributed by atoms with Crippen LogP contribution in [0.15, 0.2) is 53.6 Å². The minimum absolute atomic E-state index is 0.197. The van der Waals surface area contributed by atoms with Crippen LogP contribution in [-0.2, 0) is 25.8 Å². The van der Waals surface area contributed by atoms with Crippen LogP contribution in [0.3, 0.4) is 0 Å². The lowest BCUT2D eigenvalue weighted by Crippen LogP contribution is -2.28. The van der Waals surface area contributed by atoms with Crippen LogP contribution in [0.2, 0.25) is 0 Å².